The zero-order valence-corrected chi connectivity index (χ0v) is 72.4. The van der Waals surface area contributed by atoms with Crippen molar-refractivity contribution in [2.45, 2.75) is 176 Å². The number of phosphoric acid groups is 2. The molecule has 0 radical (unpaired) electrons. The van der Waals surface area contributed by atoms with Crippen LogP contribution in [0.2, 0.25) is 0 Å². The first-order valence-electron chi connectivity index (χ1n) is 39.0. The molecule has 120 heavy (non-hydrogen) atoms. The van der Waals surface area contributed by atoms with E-state index in [0.29, 0.717) is 53.6 Å². The van der Waals surface area contributed by atoms with Crippen LogP contribution < -0.4 is 24.2 Å². The fraction of sp³-hybridized carbons (Fsp3) is 0.393. The minimum atomic E-state index is -4.30. The molecule has 0 spiro atoms. The van der Waals surface area contributed by atoms with Gasteiger partial charge in [0.05, 0.1) is 87.0 Å². The highest BCUT2D eigenvalue weighted by Crippen LogP contribution is 2.56. The van der Waals surface area contributed by atoms with E-state index in [1.165, 1.54) is 35.8 Å². The highest BCUT2D eigenvalue weighted by atomic mass is 35.5. The summed E-state index contributed by atoms with van der Waals surface area (Å²) in [5.74, 6) is -2.41. The van der Waals surface area contributed by atoms with Crippen molar-refractivity contribution in [1.29, 1.82) is 0 Å². The molecule has 4 heterocycles. The second-order valence-electron chi connectivity index (χ2n) is 31.4. The summed E-state index contributed by atoms with van der Waals surface area (Å²) in [4.78, 5) is 79.2. The van der Waals surface area contributed by atoms with Crippen LogP contribution in [-0.2, 0) is 113 Å². The molecule has 4 aliphatic heterocycles. The van der Waals surface area contributed by atoms with Gasteiger partial charge in [-0.15, -0.1) is 0 Å². The summed E-state index contributed by atoms with van der Waals surface area (Å²) in [5, 5.41) is 2.52. The molecule has 0 aliphatic carbocycles. The Balaban J connectivity index is 0.000000260. The molecule has 4 fully saturated rings. The number of imide groups is 1. The average molecular weight is 1750 g/mol. The predicted molar refractivity (Wildman–Crippen MR) is 456 cm³/mol. The zero-order valence-electron chi connectivity index (χ0n) is 68.2. The second-order valence-corrected chi connectivity index (χ2v) is 39.8. The average Bonchev–Trinajstić information content (AvgIpc) is 1.01. The Labute approximate surface area is 706 Å². The maximum Gasteiger partial charge on any atom is 0.530 e. The molecule has 4 saturated heterocycles. The van der Waals surface area contributed by atoms with Gasteiger partial charge < -0.3 is 23.8 Å². The Kier molecular flexibility index (Phi) is 32.6. The first-order valence-corrected chi connectivity index (χ1v) is 46.0. The highest BCUT2D eigenvalue weighted by Gasteiger charge is 2.42. The number of rotatable bonds is 30. The first-order chi connectivity index (χ1) is 56.2. The number of nitrogens with one attached hydrogen (secondary N) is 1. The Morgan fingerprint density at radius 3 is 1.19 bits per heavy atom. The Morgan fingerprint density at radius 2 is 0.850 bits per heavy atom. The molecule has 0 unspecified atom stereocenters. The van der Waals surface area contributed by atoms with Crippen LogP contribution in [0.1, 0.15) is 166 Å². The molecule has 2 atom stereocenters. The number of aryl methyl sites for hydroxylation is 4. The number of hydrogen-bond acceptors (Lipinski definition) is 20. The van der Waals surface area contributed by atoms with Gasteiger partial charge in [-0.05, 0) is 169 Å². The van der Waals surface area contributed by atoms with Crippen LogP contribution >= 0.6 is 27.2 Å². The predicted octanol–water partition coefficient (Wildman–Crippen LogP) is 18.6. The minimum Gasteiger partial charge on any atom is -0.442 e. The maximum absolute atomic E-state index is 15.3. The van der Waals surface area contributed by atoms with Crippen LogP contribution in [0.15, 0.2) is 182 Å². The molecule has 0 bridgehead atoms. The number of phosphoric ester groups is 2. The van der Waals surface area contributed by atoms with Crippen molar-refractivity contribution < 1.29 is 100 Å². The molecule has 644 valence electrons. The number of halogens is 3. The standard InChI is InChI=1S/C44H50FN2O10PS.C42H48FN2O9PS.C2H3ClO.CH4/c1-30-22-31(2)42(40(23-30)57-58(51,54-28-33-12-8-6-9-13-33)55-29-34-14-10-7-11-15-34)44(4,5)25-41(49)46(32(3)48)26-37-27-47(43(50)56-37)36-16-17-38(39(45)24-36)35-18-20-59(52,53)21-19-35;1-29-21-30(2)40(38(22-29)54-55(48,51-27-31-11-7-5-8-12-31)52-28-32-13-9-6-10-14-32)42(3,4)24-39(46)44-25-35-26-45(41(47)53-35)34-15-16-36(37(43)23-34)33-17-19-56(49,50)20-18-33;1-2(3)4;/h6-17,22-24,35,37H,18-21,25-29H2,1-5H3;5-16,21-23,33,35H,17-20,24-28H2,1-4H3,(H,44,46);1H3;1H4/t37-;35-;;/m00../s1. The van der Waals surface area contributed by atoms with Crippen molar-refractivity contribution in [2.24, 2.45) is 0 Å². The fourth-order valence-electron chi connectivity index (χ4n) is 15.1. The molecule has 0 aromatic heterocycles. The Morgan fingerprint density at radius 1 is 0.517 bits per heavy atom. The summed E-state index contributed by atoms with van der Waals surface area (Å²) < 4.78 is 154. The van der Waals surface area contributed by atoms with E-state index in [0.717, 1.165) is 49.4 Å². The van der Waals surface area contributed by atoms with Crippen molar-refractivity contribution in [1.82, 2.24) is 10.2 Å². The molecule has 5 amide bonds. The Bertz CT molecular complexity index is 5180. The molecular weight excluding hydrogens is 1640 g/mol. The van der Waals surface area contributed by atoms with Gasteiger partial charge in [-0.25, -0.2) is 44.3 Å². The molecule has 8 aromatic carbocycles. The van der Waals surface area contributed by atoms with Crippen LogP contribution in [0.3, 0.4) is 0 Å². The SMILES string of the molecule is C.CC(=O)Cl.CC(=O)N(C[C@H]1CN(c2ccc(C3CCS(=O)(=O)CC3)c(F)c2)C(=O)O1)C(=O)CC(C)(C)c1c(C)cc(C)cc1OP(=O)(OCc1ccccc1)OCc1ccccc1.Cc1cc(C)c(C(C)(C)CC(=O)NC[C@H]2CN(c3ccc(C4CCS(=O)(=O)CC4)c(F)c3)C(=O)O2)c(OP(=O)(OCc2ccccc2)OCc2ccccc2)c1. The van der Waals surface area contributed by atoms with Crippen LogP contribution in [0, 0.1) is 39.3 Å². The number of ether oxygens (including phenoxy) is 2. The molecule has 4 aliphatic rings. The summed E-state index contributed by atoms with van der Waals surface area (Å²) in [5.41, 5.74) is 7.08. The van der Waals surface area contributed by atoms with E-state index in [1.807, 2.05) is 189 Å². The van der Waals surface area contributed by atoms with Crippen LogP contribution in [-0.4, -0.2) is 118 Å². The summed E-state index contributed by atoms with van der Waals surface area (Å²) in [6.45, 7) is 17.2. The van der Waals surface area contributed by atoms with E-state index in [2.05, 4.69) is 16.9 Å². The lowest BCUT2D eigenvalue weighted by atomic mass is 9.78. The van der Waals surface area contributed by atoms with Gasteiger partial charge in [-0.3, -0.25) is 52.0 Å². The molecular formula is C89H105ClF2N4O20P2S2. The third-order valence-electron chi connectivity index (χ3n) is 20.7. The van der Waals surface area contributed by atoms with E-state index in [-0.39, 0.29) is 136 Å². The van der Waals surface area contributed by atoms with Crippen LogP contribution in [0.25, 0.3) is 0 Å². The molecule has 8 aromatic rings. The third kappa shape index (κ3) is 26.5. The topological polar surface area (TPSA) is 300 Å². The van der Waals surface area contributed by atoms with Crippen molar-refractivity contribution in [3.05, 3.63) is 260 Å². The smallest absolute Gasteiger partial charge is 0.442 e. The van der Waals surface area contributed by atoms with Gasteiger partial charge in [-0.1, -0.05) is 181 Å². The van der Waals surface area contributed by atoms with Gasteiger partial charge in [0, 0.05) is 48.6 Å². The van der Waals surface area contributed by atoms with Crippen LogP contribution in [0.5, 0.6) is 11.5 Å². The summed E-state index contributed by atoms with van der Waals surface area (Å²) in [6.07, 6.45) is -1.83. The van der Waals surface area contributed by atoms with E-state index in [1.54, 1.807) is 36.4 Å². The number of hydrogen-bond donors (Lipinski definition) is 1. The van der Waals surface area contributed by atoms with Crippen LogP contribution in [0.4, 0.5) is 29.7 Å². The summed E-state index contributed by atoms with van der Waals surface area (Å²) in [7, 11) is -14.7. The number of anilines is 2. The minimum absolute atomic E-state index is 0. The van der Waals surface area contributed by atoms with E-state index in [4.69, 9.17) is 36.6 Å². The van der Waals surface area contributed by atoms with Crippen molar-refractivity contribution in [2.75, 3.05) is 59.0 Å². The number of sulfone groups is 2. The number of carbonyl (C=O) groups is 6. The van der Waals surface area contributed by atoms with Crippen molar-refractivity contribution >= 4 is 93.4 Å². The Hall–Kier alpha value is -9.47. The second kappa shape index (κ2) is 41.4. The molecule has 12 rings (SSSR count). The monoisotopic (exact) mass is 1750 g/mol. The molecule has 0 saturated carbocycles. The molecule has 31 heteroatoms. The molecule has 24 nitrogen and oxygen atoms in total. The lowest BCUT2D eigenvalue weighted by Gasteiger charge is -2.32. The summed E-state index contributed by atoms with van der Waals surface area (Å²) >= 11 is 4.64. The lowest BCUT2D eigenvalue weighted by Crippen LogP contribution is -2.44. The number of carbonyl (C=O) groups excluding carboxylic acids is 6. The van der Waals surface area contributed by atoms with Gasteiger partial charge in [-0.2, -0.15) is 0 Å². The normalized spacial score (nSPS) is 16.7. The third-order valence-corrected chi connectivity index (χ3v) is 26.8. The quantitative estimate of drug-likeness (QED) is 0.0323. The van der Waals surface area contributed by atoms with Gasteiger partial charge in [0.2, 0.25) is 23.0 Å². The van der Waals surface area contributed by atoms with Crippen molar-refractivity contribution in [3.8, 4) is 11.5 Å². The maximum atomic E-state index is 15.3. The van der Waals surface area contributed by atoms with Gasteiger partial charge in [0.25, 0.3) is 0 Å². The van der Waals surface area contributed by atoms with E-state index >= 15 is 8.78 Å². The lowest BCUT2D eigenvalue weighted by molar-refractivity contribution is -0.145. The summed E-state index contributed by atoms with van der Waals surface area (Å²) in [6, 6.07) is 53.2. The fourth-order valence-corrected chi connectivity index (χ4v) is 20.5. The number of benzene rings is 8. The highest BCUT2D eigenvalue weighted by molar-refractivity contribution is 7.91. The first kappa shape index (κ1) is 94.4. The number of nitrogens with zero attached hydrogens (tertiary/aromatic N) is 3. The molecule has 1 N–H and O–H groups in total. The van der Waals surface area contributed by atoms with E-state index < -0.39 is 94.0 Å². The number of amides is 5. The van der Waals surface area contributed by atoms with Crippen molar-refractivity contribution in [3.63, 3.8) is 0 Å². The zero-order chi connectivity index (χ0) is 86.2. The van der Waals surface area contributed by atoms with Gasteiger partial charge in [0.1, 0.15) is 55.0 Å². The largest absolute Gasteiger partial charge is 0.530 e. The van der Waals surface area contributed by atoms with Gasteiger partial charge >= 0.3 is 27.8 Å². The van der Waals surface area contributed by atoms with Gasteiger partial charge in [0.15, 0.2) is 0 Å². The van der Waals surface area contributed by atoms with E-state index in [9.17, 15) is 54.7 Å². The number of cyclic esters (lactones) is 2.